The number of para-hydroxylation sites is 3. The molecule has 0 aliphatic rings. The van der Waals surface area contributed by atoms with Gasteiger partial charge in [-0.15, -0.1) is 0 Å². The van der Waals surface area contributed by atoms with Crippen molar-refractivity contribution in [3.63, 3.8) is 0 Å². The normalized spacial score (nSPS) is 11.3. The van der Waals surface area contributed by atoms with E-state index in [1.165, 1.54) is 0 Å². The van der Waals surface area contributed by atoms with Gasteiger partial charge in [-0.25, -0.2) is 4.98 Å². The van der Waals surface area contributed by atoms with Gasteiger partial charge in [0.05, 0.1) is 22.6 Å². The quantitative estimate of drug-likeness (QED) is 0.340. The average Bonchev–Trinajstić information content (AvgIpc) is 3.10. The van der Waals surface area contributed by atoms with Crippen LogP contribution < -0.4 is 10.1 Å². The lowest BCUT2D eigenvalue weighted by molar-refractivity contribution is -0.116. The van der Waals surface area contributed by atoms with Crippen LogP contribution in [0.5, 0.6) is 5.75 Å². The first kappa shape index (κ1) is 21.9. The predicted molar refractivity (Wildman–Crippen MR) is 122 cm³/mol. The summed E-state index contributed by atoms with van der Waals surface area (Å²) in [5.41, 5.74) is 2.12. The zero-order chi connectivity index (χ0) is 21.2. The molecule has 0 aliphatic carbocycles. The van der Waals surface area contributed by atoms with Crippen molar-refractivity contribution < 1.29 is 9.53 Å². The number of fused-ring (bicyclic) bond motifs is 1. The first-order valence-electron chi connectivity index (χ1n) is 10.4. The van der Waals surface area contributed by atoms with Crippen LogP contribution in [0.2, 0.25) is 5.02 Å². The van der Waals surface area contributed by atoms with Crippen LogP contribution in [0, 0.1) is 0 Å². The Labute approximate surface area is 182 Å². The van der Waals surface area contributed by atoms with E-state index in [4.69, 9.17) is 21.3 Å². The van der Waals surface area contributed by atoms with E-state index in [-0.39, 0.29) is 5.91 Å². The molecule has 2 aromatic carbocycles. The fourth-order valence-corrected chi connectivity index (χ4v) is 3.57. The van der Waals surface area contributed by atoms with Crippen molar-refractivity contribution in [3.8, 4) is 5.75 Å². The molecule has 3 rings (SSSR count). The number of hydrogen-bond acceptors (Lipinski definition) is 3. The Hall–Kier alpha value is -2.79. The van der Waals surface area contributed by atoms with E-state index in [0.29, 0.717) is 30.5 Å². The number of ether oxygens (including phenoxy) is 1. The zero-order valence-corrected chi connectivity index (χ0v) is 18.1. The zero-order valence-electron chi connectivity index (χ0n) is 17.3. The molecule has 0 spiro atoms. The average molecular weight is 426 g/mol. The molecule has 158 valence electrons. The molecule has 1 N–H and O–H groups in total. The third kappa shape index (κ3) is 6.10. The largest absolute Gasteiger partial charge is 0.490 e. The molecule has 5 nitrogen and oxygen atoms in total. The maximum atomic E-state index is 11.4. The molecule has 3 aromatic rings. The molecular formula is C24H28ClN3O2. The van der Waals surface area contributed by atoms with E-state index in [1.807, 2.05) is 49.4 Å². The molecule has 1 amide bonds. The molecule has 0 atom stereocenters. The Morgan fingerprint density at radius 1 is 1.13 bits per heavy atom. The first-order valence-corrected chi connectivity index (χ1v) is 10.8. The Kier molecular flexibility index (Phi) is 8.33. The van der Waals surface area contributed by atoms with E-state index in [9.17, 15) is 4.79 Å². The van der Waals surface area contributed by atoms with Crippen molar-refractivity contribution in [3.05, 3.63) is 71.5 Å². The van der Waals surface area contributed by atoms with E-state index >= 15 is 0 Å². The highest BCUT2D eigenvalue weighted by atomic mass is 35.5. The van der Waals surface area contributed by atoms with Gasteiger partial charge in [0.2, 0.25) is 5.91 Å². The summed E-state index contributed by atoms with van der Waals surface area (Å²) >= 11 is 6.18. The van der Waals surface area contributed by atoms with Gasteiger partial charge >= 0.3 is 0 Å². The van der Waals surface area contributed by atoms with Crippen LogP contribution in [0.3, 0.4) is 0 Å². The molecule has 0 saturated heterocycles. The fourth-order valence-electron chi connectivity index (χ4n) is 3.38. The van der Waals surface area contributed by atoms with E-state index in [0.717, 1.165) is 42.5 Å². The topological polar surface area (TPSA) is 56.2 Å². The van der Waals surface area contributed by atoms with Crippen LogP contribution in [-0.4, -0.2) is 28.6 Å². The molecule has 0 aliphatic heterocycles. The minimum absolute atomic E-state index is 0.0298. The molecule has 0 fully saturated rings. The number of nitrogens with zero attached hydrogens (tertiary/aromatic N) is 2. The maximum Gasteiger partial charge on any atom is 0.243 e. The van der Waals surface area contributed by atoms with Crippen LogP contribution in [-0.2, 0) is 17.8 Å². The Morgan fingerprint density at radius 2 is 1.93 bits per heavy atom. The second-order valence-electron chi connectivity index (χ2n) is 7.05. The smallest absolute Gasteiger partial charge is 0.243 e. The van der Waals surface area contributed by atoms with E-state index in [1.54, 1.807) is 12.2 Å². The highest BCUT2D eigenvalue weighted by Gasteiger charge is 2.11. The van der Waals surface area contributed by atoms with Crippen molar-refractivity contribution in [1.29, 1.82) is 0 Å². The fraction of sp³-hybridized carbons (Fsp3) is 0.333. The summed E-state index contributed by atoms with van der Waals surface area (Å²) in [5.74, 6) is 1.74. The van der Waals surface area contributed by atoms with Gasteiger partial charge in [-0.05, 0) is 50.1 Å². The molecular weight excluding hydrogens is 398 g/mol. The lowest BCUT2D eigenvalue weighted by Crippen LogP contribution is -2.22. The molecule has 0 saturated carbocycles. The molecule has 0 unspecified atom stereocenters. The van der Waals surface area contributed by atoms with Crippen LogP contribution >= 0.6 is 11.6 Å². The van der Waals surface area contributed by atoms with Gasteiger partial charge in [0.1, 0.15) is 18.2 Å². The van der Waals surface area contributed by atoms with Crippen molar-refractivity contribution in [2.45, 2.75) is 39.2 Å². The van der Waals surface area contributed by atoms with Gasteiger partial charge in [-0.3, -0.25) is 4.79 Å². The van der Waals surface area contributed by atoms with Crippen LogP contribution in [0.1, 0.15) is 32.0 Å². The summed E-state index contributed by atoms with van der Waals surface area (Å²) in [5, 5.41) is 3.51. The number of rotatable bonds is 11. The number of carbonyl (C=O) groups excluding carboxylic acids is 1. The lowest BCUT2D eigenvalue weighted by Gasteiger charge is -2.12. The van der Waals surface area contributed by atoms with E-state index in [2.05, 4.69) is 16.0 Å². The monoisotopic (exact) mass is 425 g/mol. The first-order chi connectivity index (χ1) is 14.7. The number of benzene rings is 2. The summed E-state index contributed by atoms with van der Waals surface area (Å²) < 4.78 is 8.12. The van der Waals surface area contributed by atoms with Gasteiger partial charge in [0.15, 0.2) is 0 Å². The standard InChI is InChI=1S/C24H28ClN3O2/c1-2-10-24(29)26-16-9-3-4-15-23-27-20-12-6-7-13-21(20)28(23)17-18-30-22-14-8-5-11-19(22)25/h2,5-8,10-14H,3-4,9,15-18H2,1H3,(H,26,29)/b10-2+. The second-order valence-corrected chi connectivity index (χ2v) is 7.46. The summed E-state index contributed by atoms with van der Waals surface area (Å²) in [6.45, 7) is 3.77. The Balaban J connectivity index is 1.55. The number of amides is 1. The van der Waals surface area contributed by atoms with Gasteiger partial charge in [0, 0.05) is 13.0 Å². The number of imidazole rings is 1. The Morgan fingerprint density at radius 3 is 2.77 bits per heavy atom. The van der Waals surface area contributed by atoms with Gasteiger partial charge in [-0.2, -0.15) is 0 Å². The predicted octanol–water partition coefficient (Wildman–Crippen LogP) is 5.17. The highest BCUT2D eigenvalue weighted by molar-refractivity contribution is 6.32. The van der Waals surface area contributed by atoms with Crippen LogP contribution in [0.15, 0.2) is 60.7 Å². The van der Waals surface area contributed by atoms with Crippen molar-refractivity contribution in [2.75, 3.05) is 13.2 Å². The number of unbranched alkanes of at least 4 members (excludes halogenated alkanes) is 2. The van der Waals surface area contributed by atoms with E-state index < -0.39 is 0 Å². The molecule has 0 radical (unpaired) electrons. The minimum atomic E-state index is -0.0298. The summed E-state index contributed by atoms with van der Waals surface area (Å²) in [6, 6.07) is 15.7. The number of hydrogen-bond donors (Lipinski definition) is 1. The number of allylic oxidation sites excluding steroid dienone is 1. The number of aromatic nitrogens is 2. The number of nitrogens with one attached hydrogen (secondary N) is 1. The number of halogens is 1. The lowest BCUT2D eigenvalue weighted by atomic mass is 10.2. The highest BCUT2D eigenvalue weighted by Crippen LogP contribution is 2.23. The van der Waals surface area contributed by atoms with Gasteiger partial charge in [-0.1, -0.05) is 48.4 Å². The van der Waals surface area contributed by atoms with Crippen LogP contribution in [0.4, 0.5) is 0 Å². The summed E-state index contributed by atoms with van der Waals surface area (Å²) in [6.07, 6.45) is 7.20. The molecule has 6 heteroatoms. The van der Waals surface area contributed by atoms with Crippen LogP contribution in [0.25, 0.3) is 11.0 Å². The SMILES string of the molecule is C/C=C/C(=O)NCCCCCc1nc2ccccc2n1CCOc1ccccc1Cl. The molecule has 0 bridgehead atoms. The Bertz CT molecular complexity index is 997. The molecule has 30 heavy (non-hydrogen) atoms. The van der Waals surface area contributed by atoms with Gasteiger partial charge in [0.25, 0.3) is 0 Å². The summed E-state index contributed by atoms with van der Waals surface area (Å²) in [4.78, 5) is 16.3. The van der Waals surface area contributed by atoms with Crippen molar-refractivity contribution in [2.24, 2.45) is 0 Å². The molecule has 1 heterocycles. The van der Waals surface area contributed by atoms with Crippen molar-refractivity contribution in [1.82, 2.24) is 14.9 Å². The maximum absolute atomic E-state index is 11.4. The second kappa shape index (κ2) is 11.4. The minimum Gasteiger partial charge on any atom is -0.490 e. The molecule has 1 aromatic heterocycles. The number of carbonyl (C=O) groups is 1. The third-order valence-electron chi connectivity index (χ3n) is 4.84. The summed E-state index contributed by atoms with van der Waals surface area (Å²) in [7, 11) is 0. The van der Waals surface area contributed by atoms with Crippen molar-refractivity contribution >= 4 is 28.5 Å². The number of aryl methyl sites for hydroxylation is 1. The van der Waals surface area contributed by atoms with Gasteiger partial charge < -0.3 is 14.6 Å². The third-order valence-corrected chi connectivity index (χ3v) is 5.15.